The Morgan fingerprint density at radius 2 is 2.10 bits per heavy atom. The van der Waals surface area contributed by atoms with Gasteiger partial charge in [-0.05, 0) is 43.5 Å². The first-order valence-electron chi connectivity index (χ1n) is 7.34. The van der Waals surface area contributed by atoms with Crippen LogP contribution in [0, 0.1) is 5.82 Å². The average molecular weight is 322 g/mol. The molecule has 0 saturated heterocycles. The minimum atomic E-state index is -0.185. The summed E-state index contributed by atoms with van der Waals surface area (Å²) in [5, 5.41) is 4.72. The number of halogens is 1. The van der Waals surface area contributed by atoms with Crippen LogP contribution >= 0.6 is 23.1 Å². The van der Waals surface area contributed by atoms with Crippen molar-refractivity contribution < 1.29 is 4.39 Å². The van der Waals surface area contributed by atoms with E-state index in [1.165, 1.54) is 35.5 Å². The summed E-state index contributed by atoms with van der Waals surface area (Å²) in [7, 11) is 0. The predicted molar refractivity (Wildman–Crippen MR) is 87.3 cm³/mol. The lowest BCUT2D eigenvalue weighted by molar-refractivity contribution is 0.626. The monoisotopic (exact) mass is 322 g/mol. The topological polar surface area (TPSA) is 24.9 Å². The molecule has 112 valence electrons. The van der Waals surface area contributed by atoms with Crippen LogP contribution in [0.4, 0.5) is 4.39 Å². The third-order valence-electron chi connectivity index (χ3n) is 3.46. The molecule has 1 heterocycles. The fourth-order valence-corrected chi connectivity index (χ4v) is 4.11. The molecule has 1 aromatic heterocycles. The third-order valence-corrected chi connectivity index (χ3v) is 5.77. The van der Waals surface area contributed by atoms with Crippen molar-refractivity contribution in [3.8, 4) is 0 Å². The normalized spacial score (nSPS) is 14.6. The van der Waals surface area contributed by atoms with Gasteiger partial charge < -0.3 is 5.32 Å². The van der Waals surface area contributed by atoms with Gasteiger partial charge in [-0.15, -0.1) is 23.1 Å². The Bertz CT molecular complexity index is 591. The number of aromatic nitrogens is 1. The van der Waals surface area contributed by atoms with Crippen molar-refractivity contribution in [1.29, 1.82) is 0 Å². The molecule has 1 saturated carbocycles. The molecule has 2 nitrogen and oxygen atoms in total. The van der Waals surface area contributed by atoms with E-state index in [-0.39, 0.29) is 5.82 Å². The number of aryl methyl sites for hydroxylation is 1. The molecule has 0 spiro atoms. The maximum absolute atomic E-state index is 12.9. The van der Waals surface area contributed by atoms with Crippen molar-refractivity contribution in [3.63, 3.8) is 0 Å². The van der Waals surface area contributed by atoms with Crippen LogP contribution in [-0.2, 0) is 18.7 Å². The van der Waals surface area contributed by atoms with Crippen LogP contribution in [-0.4, -0.2) is 11.0 Å². The van der Waals surface area contributed by atoms with E-state index in [1.54, 1.807) is 11.8 Å². The highest BCUT2D eigenvalue weighted by atomic mass is 32.2. The summed E-state index contributed by atoms with van der Waals surface area (Å²) in [6.07, 6.45) is 3.61. The Balaban J connectivity index is 1.60. The Morgan fingerprint density at radius 1 is 1.33 bits per heavy atom. The van der Waals surface area contributed by atoms with Gasteiger partial charge in [-0.1, -0.05) is 6.92 Å². The summed E-state index contributed by atoms with van der Waals surface area (Å²) in [4.78, 5) is 7.20. The summed E-state index contributed by atoms with van der Waals surface area (Å²) >= 11 is 3.52. The molecule has 1 aliphatic rings. The highest BCUT2D eigenvalue weighted by Gasteiger charge is 2.21. The molecule has 0 atom stereocenters. The summed E-state index contributed by atoms with van der Waals surface area (Å²) in [5.74, 6) is 0.669. The van der Waals surface area contributed by atoms with Crippen molar-refractivity contribution in [2.24, 2.45) is 0 Å². The summed E-state index contributed by atoms with van der Waals surface area (Å²) < 4.78 is 12.9. The molecule has 0 radical (unpaired) electrons. The van der Waals surface area contributed by atoms with Gasteiger partial charge in [0.1, 0.15) is 10.8 Å². The number of thioether (sulfide) groups is 1. The van der Waals surface area contributed by atoms with Gasteiger partial charge in [0, 0.05) is 22.4 Å². The van der Waals surface area contributed by atoms with Crippen molar-refractivity contribution >= 4 is 23.1 Å². The van der Waals surface area contributed by atoms with Crippen LogP contribution in [0.1, 0.15) is 35.3 Å². The van der Waals surface area contributed by atoms with Crippen LogP contribution in [0.2, 0.25) is 0 Å². The zero-order valence-electron chi connectivity index (χ0n) is 12.1. The molecule has 5 heteroatoms. The van der Waals surface area contributed by atoms with Crippen molar-refractivity contribution in [1.82, 2.24) is 10.3 Å². The Hall–Kier alpha value is -0.910. The standard InChI is InChI=1S/C16H19FN2S2/c1-2-14-15(9-18-12-5-6-12)21-16(19-14)10-20-13-7-3-11(17)4-8-13/h3-4,7-8,12,18H,2,5-6,9-10H2,1H3. The van der Waals surface area contributed by atoms with Crippen molar-refractivity contribution in [3.05, 3.63) is 45.7 Å². The number of thiazole rings is 1. The first kappa shape index (κ1) is 15.0. The summed E-state index contributed by atoms with van der Waals surface area (Å²) in [6, 6.07) is 7.39. The minimum Gasteiger partial charge on any atom is -0.309 e. The molecule has 0 unspecified atom stereocenters. The first-order valence-corrected chi connectivity index (χ1v) is 9.14. The molecule has 0 bridgehead atoms. The van der Waals surface area contributed by atoms with Crippen LogP contribution in [0.5, 0.6) is 0 Å². The van der Waals surface area contributed by atoms with E-state index >= 15 is 0 Å². The predicted octanol–water partition coefficient (Wildman–Crippen LogP) is 4.39. The summed E-state index contributed by atoms with van der Waals surface area (Å²) in [6.45, 7) is 3.11. The van der Waals surface area contributed by atoms with E-state index in [2.05, 4.69) is 12.2 Å². The number of benzene rings is 1. The molecule has 0 aliphatic heterocycles. The maximum Gasteiger partial charge on any atom is 0.123 e. The van der Waals surface area contributed by atoms with Gasteiger partial charge in [-0.25, -0.2) is 9.37 Å². The van der Waals surface area contributed by atoms with E-state index < -0.39 is 0 Å². The Morgan fingerprint density at radius 3 is 2.76 bits per heavy atom. The molecular weight excluding hydrogens is 303 g/mol. The van der Waals surface area contributed by atoms with Crippen LogP contribution in [0.25, 0.3) is 0 Å². The Labute approximate surface area is 133 Å². The highest BCUT2D eigenvalue weighted by Crippen LogP contribution is 2.28. The second kappa shape index (κ2) is 6.90. The molecule has 21 heavy (non-hydrogen) atoms. The molecular formula is C16H19FN2S2. The maximum atomic E-state index is 12.9. The lowest BCUT2D eigenvalue weighted by Crippen LogP contribution is -2.15. The molecule has 2 aromatic rings. The van der Waals surface area contributed by atoms with Gasteiger partial charge in [-0.3, -0.25) is 0 Å². The highest BCUT2D eigenvalue weighted by molar-refractivity contribution is 7.98. The number of nitrogens with zero attached hydrogens (tertiary/aromatic N) is 1. The third kappa shape index (κ3) is 4.28. The van der Waals surface area contributed by atoms with Gasteiger partial charge in [-0.2, -0.15) is 0 Å². The molecule has 3 rings (SSSR count). The SMILES string of the molecule is CCc1nc(CSc2ccc(F)cc2)sc1CNC1CC1. The average Bonchev–Trinajstić information content (AvgIpc) is 3.24. The molecule has 1 fully saturated rings. The number of nitrogens with one attached hydrogen (secondary N) is 1. The van der Waals surface area contributed by atoms with Crippen molar-refractivity contribution in [2.45, 2.75) is 49.4 Å². The smallest absolute Gasteiger partial charge is 0.123 e. The number of rotatable bonds is 7. The first-order chi connectivity index (χ1) is 10.2. The quantitative estimate of drug-likeness (QED) is 0.765. The Kier molecular flexibility index (Phi) is 4.93. The van der Waals surface area contributed by atoms with Gasteiger partial charge in [0.05, 0.1) is 11.4 Å². The van der Waals surface area contributed by atoms with E-state index in [1.807, 2.05) is 23.5 Å². The molecule has 0 amide bonds. The second-order valence-corrected chi connectivity index (χ2v) is 7.45. The lowest BCUT2D eigenvalue weighted by Gasteiger charge is -2.00. The van der Waals surface area contributed by atoms with Gasteiger partial charge >= 0.3 is 0 Å². The van der Waals surface area contributed by atoms with E-state index in [9.17, 15) is 4.39 Å². The van der Waals surface area contributed by atoms with Crippen molar-refractivity contribution in [2.75, 3.05) is 0 Å². The molecule has 1 N–H and O–H groups in total. The number of hydrogen-bond acceptors (Lipinski definition) is 4. The fourth-order valence-electron chi connectivity index (χ4n) is 2.11. The van der Waals surface area contributed by atoms with Crippen LogP contribution in [0.3, 0.4) is 0 Å². The number of hydrogen-bond donors (Lipinski definition) is 1. The van der Waals surface area contributed by atoms with Gasteiger partial charge in [0.25, 0.3) is 0 Å². The summed E-state index contributed by atoms with van der Waals surface area (Å²) in [5.41, 5.74) is 1.22. The van der Waals surface area contributed by atoms with Crippen LogP contribution < -0.4 is 5.32 Å². The fraction of sp³-hybridized carbons (Fsp3) is 0.438. The largest absolute Gasteiger partial charge is 0.309 e. The zero-order valence-corrected chi connectivity index (χ0v) is 13.7. The lowest BCUT2D eigenvalue weighted by atomic mass is 10.3. The van der Waals surface area contributed by atoms with E-state index in [0.29, 0.717) is 0 Å². The van der Waals surface area contributed by atoms with Gasteiger partial charge in [0.2, 0.25) is 0 Å². The van der Waals surface area contributed by atoms with Gasteiger partial charge in [0.15, 0.2) is 0 Å². The van der Waals surface area contributed by atoms with Crippen LogP contribution in [0.15, 0.2) is 29.2 Å². The molecule has 1 aliphatic carbocycles. The molecule has 1 aromatic carbocycles. The van der Waals surface area contributed by atoms with E-state index in [4.69, 9.17) is 4.98 Å². The zero-order chi connectivity index (χ0) is 14.7. The van der Waals surface area contributed by atoms with E-state index in [0.717, 1.165) is 34.7 Å². The minimum absolute atomic E-state index is 0.185. The second-order valence-electron chi connectivity index (χ2n) is 5.23.